The predicted octanol–water partition coefficient (Wildman–Crippen LogP) is 5.28. The van der Waals surface area contributed by atoms with E-state index in [0.29, 0.717) is 22.7 Å². The molecule has 0 aromatic carbocycles. The summed E-state index contributed by atoms with van der Waals surface area (Å²) >= 11 is 0. The first-order valence-electron chi connectivity index (χ1n) is 12.9. The van der Waals surface area contributed by atoms with Crippen LogP contribution in [0.5, 0.6) is 0 Å². The van der Waals surface area contributed by atoms with E-state index in [4.69, 9.17) is 4.74 Å². The number of nitrogens with zero attached hydrogens (tertiary/aromatic N) is 1. The van der Waals surface area contributed by atoms with Gasteiger partial charge in [-0.15, -0.1) is 0 Å². The zero-order valence-corrected chi connectivity index (χ0v) is 20.3. The lowest BCUT2D eigenvalue weighted by atomic mass is 9.44. The van der Waals surface area contributed by atoms with Crippen LogP contribution < -0.4 is 4.57 Å². The van der Waals surface area contributed by atoms with Crippen molar-refractivity contribution in [2.45, 2.75) is 84.7 Å². The molecule has 4 aliphatic rings. The van der Waals surface area contributed by atoms with Crippen LogP contribution in [-0.4, -0.2) is 17.9 Å². The summed E-state index contributed by atoms with van der Waals surface area (Å²) in [5, 5.41) is 0. The lowest BCUT2D eigenvalue weighted by molar-refractivity contribution is -0.671. The number of ether oxygens (including phenoxy) is 1. The molecule has 0 aliphatic heterocycles. The van der Waals surface area contributed by atoms with Gasteiger partial charge in [-0.1, -0.05) is 13.8 Å². The van der Waals surface area contributed by atoms with Crippen molar-refractivity contribution < 1.29 is 18.9 Å². The maximum Gasteiger partial charge on any atom is 0.344 e. The highest BCUT2D eigenvalue weighted by atomic mass is 16.5. The maximum atomic E-state index is 12.7. The molecule has 0 unspecified atom stereocenters. The van der Waals surface area contributed by atoms with E-state index >= 15 is 0 Å². The summed E-state index contributed by atoms with van der Waals surface area (Å²) in [4.78, 5) is 25.1. The van der Waals surface area contributed by atoms with E-state index in [2.05, 4.69) is 13.8 Å². The van der Waals surface area contributed by atoms with Crippen LogP contribution in [0, 0.1) is 40.4 Å². The summed E-state index contributed by atoms with van der Waals surface area (Å²) in [7, 11) is 1.93. The Bertz CT molecular complexity index is 912. The molecule has 0 N–H and O–H groups in total. The SMILES string of the molecule is CC(=O)[C@H]1CC[C@H]2[C@@H]3CC[C@H]4C[C@H](OC(=O)c5ccc[n+](C)c5)CC[C@]4(C)[C@H]3CC[C@]12C. The Balaban J connectivity index is 1.28. The minimum Gasteiger partial charge on any atom is -0.459 e. The van der Waals surface area contributed by atoms with Crippen LogP contribution in [0.3, 0.4) is 0 Å². The van der Waals surface area contributed by atoms with Gasteiger partial charge in [-0.25, -0.2) is 9.36 Å². The van der Waals surface area contributed by atoms with E-state index in [-0.39, 0.29) is 23.4 Å². The van der Waals surface area contributed by atoms with E-state index < -0.39 is 0 Å². The number of esters is 1. The van der Waals surface area contributed by atoms with Gasteiger partial charge in [0.15, 0.2) is 12.4 Å². The maximum absolute atomic E-state index is 12.7. The van der Waals surface area contributed by atoms with Crippen LogP contribution in [0.2, 0.25) is 0 Å². The van der Waals surface area contributed by atoms with Gasteiger partial charge in [-0.3, -0.25) is 4.79 Å². The number of Topliss-reactive ketones (excluding diaryl/α,β-unsaturated/α-hetero) is 1. The number of aryl methyl sites for hydroxylation is 1. The Hall–Kier alpha value is -1.71. The number of hydrogen-bond donors (Lipinski definition) is 0. The van der Waals surface area contributed by atoms with Gasteiger partial charge >= 0.3 is 5.97 Å². The Labute approximate surface area is 193 Å². The number of hydrogen-bond acceptors (Lipinski definition) is 3. The average molecular weight is 439 g/mol. The molecule has 0 amide bonds. The third-order valence-corrected chi connectivity index (χ3v) is 10.6. The van der Waals surface area contributed by atoms with Gasteiger partial charge in [0, 0.05) is 12.0 Å². The minimum atomic E-state index is -0.182. The summed E-state index contributed by atoms with van der Waals surface area (Å²) in [6, 6.07) is 3.74. The number of carbonyl (C=O) groups excluding carboxylic acids is 2. The van der Waals surface area contributed by atoms with Crippen molar-refractivity contribution in [3.63, 3.8) is 0 Å². The second-order valence-corrected chi connectivity index (χ2v) is 12.0. The first kappa shape index (κ1) is 22.1. The lowest BCUT2D eigenvalue weighted by Gasteiger charge is -2.61. The van der Waals surface area contributed by atoms with E-state index in [1.807, 2.05) is 43.1 Å². The molecule has 4 aliphatic carbocycles. The minimum absolute atomic E-state index is 0.0464. The monoisotopic (exact) mass is 438 g/mol. The molecule has 5 rings (SSSR count). The lowest BCUT2D eigenvalue weighted by Crippen LogP contribution is -2.54. The number of pyridine rings is 1. The first-order valence-corrected chi connectivity index (χ1v) is 12.9. The van der Waals surface area contributed by atoms with Crippen LogP contribution in [-0.2, 0) is 16.6 Å². The molecule has 1 aromatic rings. The van der Waals surface area contributed by atoms with Crippen molar-refractivity contribution in [2.24, 2.45) is 47.5 Å². The highest BCUT2D eigenvalue weighted by Crippen LogP contribution is 2.67. The smallest absolute Gasteiger partial charge is 0.344 e. The molecular formula is C28H40NO3+. The molecule has 32 heavy (non-hydrogen) atoms. The Kier molecular flexibility index (Phi) is 5.49. The Morgan fingerprint density at radius 2 is 1.75 bits per heavy atom. The highest BCUT2D eigenvalue weighted by molar-refractivity contribution is 5.88. The molecule has 4 heteroatoms. The summed E-state index contributed by atoms with van der Waals surface area (Å²) in [6.07, 6.45) is 14.4. The fourth-order valence-electron chi connectivity index (χ4n) is 8.92. The van der Waals surface area contributed by atoms with Gasteiger partial charge in [-0.2, -0.15) is 0 Å². The van der Waals surface area contributed by atoms with Crippen LogP contribution in [0.1, 0.15) is 88.9 Å². The summed E-state index contributed by atoms with van der Waals surface area (Å²) in [5.41, 5.74) is 1.23. The number of rotatable bonds is 3. The largest absolute Gasteiger partial charge is 0.459 e. The van der Waals surface area contributed by atoms with Crippen molar-refractivity contribution in [3.8, 4) is 0 Å². The molecule has 1 aromatic heterocycles. The average Bonchev–Trinajstić information content (AvgIpc) is 3.11. The summed E-state index contributed by atoms with van der Waals surface area (Å²) in [5.74, 6) is 3.45. The van der Waals surface area contributed by atoms with Crippen molar-refractivity contribution >= 4 is 11.8 Å². The fraction of sp³-hybridized carbons (Fsp3) is 0.750. The second kappa shape index (κ2) is 7.95. The molecule has 4 fully saturated rings. The van der Waals surface area contributed by atoms with Crippen molar-refractivity contribution in [3.05, 3.63) is 30.1 Å². The number of carbonyl (C=O) groups is 2. The van der Waals surface area contributed by atoms with E-state index in [9.17, 15) is 9.59 Å². The zero-order valence-electron chi connectivity index (χ0n) is 20.3. The van der Waals surface area contributed by atoms with Gasteiger partial charge < -0.3 is 4.74 Å². The van der Waals surface area contributed by atoms with E-state index in [1.54, 1.807) is 0 Å². The number of aromatic nitrogens is 1. The quantitative estimate of drug-likeness (QED) is 0.476. The topological polar surface area (TPSA) is 47.3 Å². The molecule has 4 nitrogen and oxygen atoms in total. The Morgan fingerprint density at radius 3 is 2.50 bits per heavy atom. The standard InChI is InChI=1S/C28H40NO3/c1-18(30)23-9-10-24-22-8-7-20-16-21(32-26(31)19-6-5-15-29(4)17-19)11-13-27(20,2)25(22)12-14-28(23,24)3/h5-6,15,17,20-25H,7-14,16H2,1-4H3/q+1/t20-,21+,22-,23+,24-,25-,27-,28+/m0/s1. The molecule has 0 saturated heterocycles. The van der Waals surface area contributed by atoms with Crippen molar-refractivity contribution in [2.75, 3.05) is 0 Å². The molecule has 0 spiro atoms. The van der Waals surface area contributed by atoms with E-state index in [0.717, 1.165) is 37.0 Å². The van der Waals surface area contributed by atoms with E-state index in [1.165, 1.54) is 38.5 Å². The number of ketones is 1. The molecule has 8 atom stereocenters. The third kappa shape index (κ3) is 3.44. The molecule has 1 heterocycles. The van der Waals surface area contributed by atoms with Gasteiger partial charge in [-0.05, 0) is 105 Å². The van der Waals surface area contributed by atoms with Crippen LogP contribution in [0.25, 0.3) is 0 Å². The second-order valence-electron chi connectivity index (χ2n) is 12.0. The van der Waals surface area contributed by atoms with Gasteiger partial charge in [0.2, 0.25) is 0 Å². The molecule has 174 valence electrons. The molecular weight excluding hydrogens is 398 g/mol. The number of fused-ring (bicyclic) bond motifs is 5. The van der Waals surface area contributed by atoms with Crippen LogP contribution >= 0.6 is 0 Å². The van der Waals surface area contributed by atoms with Gasteiger partial charge in [0.05, 0.1) is 0 Å². The normalized spacial score (nSPS) is 43.0. The van der Waals surface area contributed by atoms with Crippen LogP contribution in [0.4, 0.5) is 0 Å². The van der Waals surface area contributed by atoms with Gasteiger partial charge in [0.1, 0.15) is 24.5 Å². The highest BCUT2D eigenvalue weighted by Gasteiger charge is 2.60. The van der Waals surface area contributed by atoms with Crippen LogP contribution in [0.15, 0.2) is 24.5 Å². The van der Waals surface area contributed by atoms with Crippen molar-refractivity contribution in [1.82, 2.24) is 0 Å². The molecule has 0 bridgehead atoms. The Morgan fingerprint density at radius 1 is 1.00 bits per heavy atom. The summed E-state index contributed by atoms with van der Waals surface area (Å²) < 4.78 is 7.89. The summed E-state index contributed by atoms with van der Waals surface area (Å²) in [6.45, 7) is 6.80. The fourth-order valence-corrected chi connectivity index (χ4v) is 8.92. The third-order valence-electron chi connectivity index (χ3n) is 10.6. The molecule has 0 radical (unpaired) electrons. The van der Waals surface area contributed by atoms with Gasteiger partial charge in [0.25, 0.3) is 0 Å². The van der Waals surface area contributed by atoms with Crippen molar-refractivity contribution in [1.29, 1.82) is 0 Å². The predicted molar refractivity (Wildman–Crippen MR) is 123 cm³/mol. The molecule has 4 saturated carbocycles. The zero-order chi connectivity index (χ0) is 22.7. The first-order chi connectivity index (χ1) is 15.2.